The van der Waals surface area contributed by atoms with Gasteiger partial charge < -0.3 is 9.84 Å². The lowest BCUT2D eigenvalue weighted by atomic mass is 9.54. The molecule has 0 aromatic rings. The maximum atomic E-state index is 11.7. The zero-order chi connectivity index (χ0) is 13.1. The van der Waals surface area contributed by atoms with Gasteiger partial charge in [0.05, 0.1) is 12.0 Å². The second-order valence-electron chi connectivity index (χ2n) is 6.52. The van der Waals surface area contributed by atoms with Crippen LogP contribution in [0, 0.1) is 23.2 Å². The Labute approximate surface area is 108 Å². The number of carbonyl (C=O) groups excluding carboxylic acids is 1. The molecule has 1 aliphatic heterocycles. The van der Waals surface area contributed by atoms with E-state index in [0.29, 0.717) is 11.8 Å². The lowest BCUT2D eigenvalue weighted by Gasteiger charge is -2.52. The van der Waals surface area contributed by atoms with E-state index in [1.54, 1.807) is 0 Å². The van der Waals surface area contributed by atoms with E-state index < -0.39 is 6.10 Å². The summed E-state index contributed by atoms with van der Waals surface area (Å²) in [5.74, 6) is 1.28. The molecule has 0 aromatic carbocycles. The number of esters is 1. The fraction of sp³-hybridized carbons (Fsp3) is 0.800. The Balaban J connectivity index is 2.03. The number of aliphatic hydroxyl groups is 1. The van der Waals surface area contributed by atoms with Gasteiger partial charge in [-0.05, 0) is 25.2 Å². The van der Waals surface area contributed by atoms with Crippen LogP contribution in [-0.2, 0) is 9.53 Å². The number of aliphatic hydroxyl groups excluding tert-OH is 1. The number of hydrogen-bond donors (Lipinski definition) is 1. The standard InChI is InChI=1S/C15H22O3/c1-8-5-4-6-10-7-11-12(9(2)14(17)18-11)13(16)15(8,10)3/h8-10,13,16H,4-7H2,1-3H3. The lowest BCUT2D eigenvalue weighted by molar-refractivity contribution is -0.139. The fourth-order valence-electron chi connectivity index (χ4n) is 4.25. The molecular weight excluding hydrogens is 228 g/mol. The molecule has 3 rings (SSSR count). The summed E-state index contributed by atoms with van der Waals surface area (Å²) < 4.78 is 5.36. The molecule has 0 aromatic heterocycles. The van der Waals surface area contributed by atoms with Gasteiger partial charge in [0.25, 0.3) is 0 Å². The van der Waals surface area contributed by atoms with Crippen molar-refractivity contribution >= 4 is 5.97 Å². The van der Waals surface area contributed by atoms with Gasteiger partial charge in [-0.1, -0.05) is 26.7 Å². The maximum Gasteiger partial charge on any atom is 0.318 e. The number of ether oxygens (including phenoxy) is 1. The second kappa shape index (κ2) is 3.83. The molecule has 1 fully saturated rings. The van der Waals surface area contributed by atoms with E-state index in [2.05, 4.69) is 13.8 Å². The summed E-state index contributed by atoms with van der Waals surface area (Å²) in [4.78, 5) is 11.7. The highest BCUT2D eigenvalue weighted by Gasteiger charge is 2.55. The molecule has 1 heterocycles. The summed E-state index contributed by atoms with van der Waals surface area (Å²) in [7, 11) is 0. The van der Waals surface area contributed by atoms with Crippen LogP contribution >= 0.6 is 0 Å². The minimum Gasteiger partial charge on any atom is -0.431 e. The minimum atomic E-state index is -0.511. The Morgan fingerprint density at radius 1 is 1.33 bits per heavy atom. The molecule has 0 bridgehead atoms. The minimum absolute atomic E-state index is 0.0840. The van der Waals surface area contributed by atoms with Crippen LogP contribution in [-0.4, -0.2) is 17.2 Å². The van der Waals surface area contributed by atoms with Gasteiger partial charge in [0.1, 0.15) is 5.76 Å². The molecule has 3 heteroatoms. The maximum absolute atomic E-state index is 11.7. The van der Waals surface area contributed by atoms with E-state index in [1.807, 2.05) is 6.92 Å². The molecular formula is C15H22O3. The van der Waals surface area contributed by atoms with Gasteiger partial charge in [-0.25, -0.2) is 0 Å². The first-order valence-electron chi connectivity index (χ1n) is 7.09. The van der Waals surface area contributed by atoms with Crippen LogP contribution in [0.5, 0.6) is 0 Å². The molecule has 2 aliphatic carbocycles. The summed E-state index contributed by atoms with van der Waals surface area (Å²) in [6.45, 7) is 6.29. The third-order valence-electron chi connectivity index (χ3n) is 5.81. The van der Waals surface area contributed by atoms with Gasteiger partial charge in [-0.2, -0.15) is 0 Å². The Bertz CT molecular complexity index is 425. The van der Waals surface area contributed by atoms with Crippen LogP contribution in [0.2, 0.25) is 0 Å². The van der Waals surface area contributed by atoms with Crippen molar-refractivity contribution in [3.05, 3.63) is 11.3 Å². The van der Waals surface area contributed by atoms with Gasteiger partial charge in [0.2, 0.25) is 0 Å². The average molecular weight is 250 g/mol. The number of allylic oxidation sites excluding steroid dienone is 1. The van der Waals surface area contributed by atoms with E-state index in [4.69, 9.17) is 4.74 Å². The molecule has 18 heavy (non-hydrogen) atoms. The first kappa shape index (κ1) is 12.2. The Hall–Kier alpha value is -0.830. The summed E-state index contributed by atoms with van der Waals surface area (Å²) >= 11 is 0. The van der Waals surface area contributed by atoms with Crippen molar-refractivity contribution in [1.82, 2.24) is 0 Å². The fourth-order valence-corrected chi connectivity index (χ4v) is 4.25. The van der Waals surface area contributed by atoms with Gasteiger partial charge in [-0.3, -0.25) is 4.79 Å². The van der Waals surface area contributed by atoms with Gasteiger partial charge in [-0.15, -0.1) is 0 Å². The molecule has 5 unspecified atom stereocenters. The predicted molar refractivity (Wildman–Crippen MR) is 67.5 cm³/mol. The summed E-state index contributed by atoms with van der Waals surface area (Å²) in [6, 6.07) is 0. The SMILES string of the molecule is CC1C(=O)OC2=C1C(O)C1(C)C(C)CCCC1C2. The van der Waals surface area contributed by atoms with Crippen molar-refractivity contribution in [2.75, 3.05) is 0 Å². The normalized spacial score (nSPS) is 47.7. The third kappa shape index (κ3) is 1.37. The van der Waals surface area contributed by atoms with E-state index in [9.17, 15) is 9.90 Å². The molecule has 0 amide bonds. The number of rotatable bonds is 0. The van der Waals surface area contributed by atoms with Crippen LogP contribution in [0.25, 0.3) is 0 Å². The monoisotopic (exact) mass is 250 g/mol. The van der Waals surface area contributed by atoms with Crippen molar-refractivity contribution in [2.24, 2.45) is 23.2 Å². The summed E-state index contributed by atoms with van der Waals surface area (Å²) in [5.41, 5.74) is 0.784. The highest BCUT2D eigenvalue weighted by Crippen LogP contribution is 2.57. The van der Waals surface area contributed by atoms with E-state index in [0.717, 1.165) is 24.2 Å². The van der Waals surface area contributed by atoms with Crippen molar-refractivity contribution in [2.45, 2.75) is 52.6 Å². The quantitative estimate of drug-likeness (QED) is 0.672. The van der Waals surface area contributed by atoms with Gasteiger partial charge in [0.15, 0.2) is 0 Å². The Morgan fingerprint density at radius 3 is 2.78 bits per heavy atom. The number of hydrogen-bond acceptors (Lipinski definition) is 3. The first-order chi connectivity index (χ1) is 8.46. The average Bonchev–Trinajstić information content (AvgIpc) is 2.60. The molecule has 0 radical (unpaired) electrons. The zero-order valence-corrected chi connectivity index (χ0v) is 11.4. The van der Waals surface area contributed by atoms with Crippen molar-refractivity contribution in [3.8, 4) is 0 Å². The smallest absolute Gasteiger partial charge is 0.318 e. The molecule has 1 saturated carbocycles. The molecule has 100 valence electrons. The van der Waals surface area contributed by atoms with Gasteiger partial charge >= 0.3 is 5.97 Å². The number of fused-ring (bicyclic) bond motifs is 1. The van der Waals surface area contributed by atoms with Crippen LogP contribution in [0.15, 0.2) is 11.3 Å². The first-order valence-corrected chi connectivity index (χ1v) is 7.09. The highest BCUT2D eigenvalue weighted by molar-refractivity contribution is 5.80. The van der Waals surface area contributed by atoms with Crippen LogP contribution < -0.4 is 0 Å². The van der Waals surface area contributed by atoms with Crippen molar-refractivity contribution in [1.29, 1.82) is 0 Å². The van der Waals surface area contributed by atoms with E-state index in [-0.39, 0.29) is 17.3 Å². The molecule has 0 spiro atoms. The van der Waals surface area contributed by atoms with Crippen molar-refractivity contribution in [3.63, 3.8) is 0 Å². The summed E-state index contributed by atoms with van der Waals surface area (Å²) in [6.07, 6.45) is 3.86. The van der Waals surface area contributed by atoms with Crippen LogP contribution in [0.1, 0.15) is 46.5 Å². The second-order valence-corrected chi connectivity index (χ2v) is 6.52. The molecule has 3 nitrogen and oxygen atoms in total. The molecule has 5 atom stereocenters. The lowest BCUT2D eigenvalue weighted by Crippen LogP contribution is -2.50. The molecule has 0 saturated heterocycles. The van der Waals surface area contributed by atoms with Gasteiger partial charge in [0, 0.05) is 17.4 Å². The van der Waals surface area contributed by atoms with E-state index in [1.165, 1.54) is 12.8 Å². The topological polar surface area (TPSA) is 46.5 Å². The highest BCUT2D eigenvalue weighted by atomic mass is 16.5. The van der Waals surface area contributed by atoms with E-state index >= 15 is 0 Å². The molecule has 3 aliphatic rings. The molecule has 1 N–H and O–H groups in total. The Kier molecular flexibility index (Phi) is 2.60. The predicted octanol–water partition coefficient (Wildman–Crippen LogP) is 2.64. The van der Waals surface area contributed by atoms with Crippen molar-refractivity contribution < 1.29 is 14.6 Å². The van der Waals surface area contributed by atoms with Crippen LogP contribution in [0.4, 0.5) is 0 Å². The third-order valence-corrected chi connectivity index (χ3v) is 5.81. The summed E-state index contributed by atoms with van der Waals surface area (Å²) in [5, 5.41) is 10.8. The Morgan fingerprint density at radius 2 is 2.06 bits per heavy atom. The largest absolute Gasteiger partial charge is 0.431 e. The number of carbonyl (C=O) groups is 1. The zero-order valence-electron chi connectivity index (χ0n) is 11.4. The van der Waals surface area contributed by atoms with Crippen LogP contribution in [0.3, 0.4) is 0 Å².